The van der Waals surface area contributed by atoms with Gasteiger partial charge in [-0.1, -0.05) is 0 Å². The smallest absolute Gasteiger partial charge is 0.234 e. The van der Waals surface area contributed by atoms with Gasteiger partial charge in [0.2, 0.25) is 5.91 Å². The highest BCUT2D eigenvalue weighted by Crippen LogP contribution is 2.28. The van der Waals surface area contributed by atoms with E-state index < -0.39 is 5.41 Å². The van der Waals surface area contributed by atoms with Crippen LogP contribution in [0.25, 0.3) is 0 Å². The summed E-state index contributed by atoms with van der Waals surface area (Å²) in [5.74, 6) is 0.925. The summed E-state index contributed by atoms with van der Waals surface area (Å²) in [6, 6.07) is 3.85. The molecule has 1 saturated heterocycles. The van der Waals surface area contributed by atoms with E-state index in [9.17, 15) is 4.79 Å². The molecule has 0 saturated carbocycles. The van der Waals surface area contributed by atoms with Crippen molar-refractivity contribution in [3.05, 3.63) is 18.3 Å². The molecule has 0 spiro atoms. The minimum absolute atomic E-state index is 0.00302. The molecular weight excluding hydrogens is 280 g/mol. The molecule has 0 aliphatic carbocycles. The molecule has 1 aliphatic heterocycles. The molecule has 1 aromatic heterocycles. The van der Waals surface area contributed by atoms with Crippen LogP contribution in [-0.4, -0.2) is 50.8 Å². The average Bonchev–Trinajstić information content (AvgIpc) is 3.00. The zero-order valence-corrected chi connectivity index (χ0v) is 13.7. The Kier molecular flexibility index (Phi) is 5.74. The Morgan fingerprint density at radius 3 is 2.73 bits per heavy atom. The standard InChI is InChI=1S/C16H26N4O2/c1-4-20(5-2)14-7-6-13(10-18-14)19-15(21)16(12-22-3)8-9-17-11-16/h6-7,10,17H,4-5,8-9,11-12H2,1-3H3,(H,19,21). The molecule has 2 rings (SSSR count). The zero-order valence-electron chi connectivity index (χ0n) is 13.7. The quantitative estimate of drug-likeness (QED) is 0.799. The summed E-state index contributed by atoms with van der Waals surface area (Å²) in [7, 11) is 1.63. The van der Waals surface area contributed by atoms with Gasteiger partial charge in [-0.2, -0.15) is 0 Å². The predicted molar refractivity (Wildman–Crippen MR) is 88.2 cm³/mol. The van der Waals surface area contributed by atoms with E-state index in [0.29, 0.717) is 13.2 Å². The summed E-state index contributed by atoms with van der Waals surface area (Å²) < 4.78 is 5.24. The number of anilines is 2. The summed E-state index contributed by atoms with van der Waals surface area (Å²) >= 11 is 0. The number of pyridine rings is 1. The molecule has 0 aromatic carbocycles. The van der Waals surface area contributed by atoms with Gasteiger partial charge in [-0.3, -0.25) is 4.79 Å². The van der Waals surface area contributed by atoms with Crippen LogP contribution in [0.1, 0.15) is 20.3 Å². The van der Waals surface area contributed by atoms with Crippen molar-refractivity contribution in [2.75, 3.05) is 50.1 Å². The van der Waals surface area contributed by atoms with Gasteiger partial charge in [0.1, 0.15) is 5.82 Å². The summed E-state index contributed by atoms with van der Waals surface area (Å²) in [4.78, 5) is 19.2. The number of nitrogens with one attached hydrogen (secondary N) is 2. The summed E-state index contributed by atoms with van der Waals surface area (Å²) in [5.41, 5.74) is 0.245. The third-order valence-corrected chi connectivity index (χ3v) is 4.24. The van der Waals surface area contributed by atoms with Crippen molar-refractivity contribution in [1.82, 2.24) is 10.3 Å². The van der Waals surface area contributed by atoms with Crippen molar-refractivity contribution in [3.8, 4) is 0 Å². The van der Waals surface area contributed by atoms with Crippen molar-refractivity contribution >= 4 is 17.4 Å². The number of carbonyl (C=O) groups excluding carboxylic acids is 1. The van der Waals surface area contributed by atoms with Crippen LogP contribution in [0.3, 0.4) is 0 Å². The fourth-order valence-corrected chi connectivity index (χ4v) is 2.86. The van der Waals surface area contributed by atoms with Crippen LogP contribution in [0.2, 0.25) is 0 Å². The average molecular weight is 306 g/mol. The molecule has 22 heavy (non-hydrogen) atoms. The Morgan fingerprint density at radius 2 is 2.23 bits per heavy atom. The highest BCUT2D eigenvalue weighted by molar-refractivity contribution is 5.95. The lowest BCUT2D eigenvalue weighted by atomic mass is 9.87. The molecule has 0 bridgehead atoms. The predicted octanol–water partition coefficient (Wildman–Crippen LogP) is 1.49. The zero-order chi connectivity index (χ0) is 16.0. The third kappa shape index (κ3) is 3.56. The number of hydrogen-bond donors (Lipinski definition) is 2. The normalized spacial score (nSPS) is 20.9. The second-order valence-electron chi connectivity index (χ2n) is 5.67. The fourth-order valence-electron chi connectivity index (χ4n) is 2.86. The number of ether oxygens (including phenoxy) is 1. The van der Waals surface area contributed by atoms with Crippen molar-refractivity contribution in [2.24, 2.45) is 5.41 Å². The molecule has 1 atom stereocenters. The van der Waals surface area contributed by atoms with E-state index in [1.54, 1.807) is 13.3 Å². The highest BCUT2D eigenvalue weighted by atomic mass is 16.5. The number of hydrogen-bond acceptors (Lipinski definition) is 5. The number of rotatable bonds is 7. The van der Waals surface area contributed by atoms with Crippen molar-refractivity contribution < 1.29 is 9.53 Å². The number of aromatic nitrogens is 1. The molecule has 1 amide bonds. The van der Waals surface area contributed by atoms with E-state index in [0.717, 1.165) is 37.6 Å². The van der Waals surface area contributed by atoms with Gasteiger partial charge in [0.05, 0.1) is 23.9 Å². The summed E-state index contributed by atoms with van der Waals surface area (Å²) in [5, 5.41) is 6.21. The van der Waals surface area contributed by atoms with Crippen LogP contribution in [0.4, 0.5) is 11.5 Å². The maximum absolute atomic E-state index is 12.6. The van der Waals surface area contributed by atoms with Gasteiger partial charge in [-0.25, -0.2) is 4.98 Å². The molecule has 6 heteroatoms. The molecule has 1 unspecified atom stereocenters. The number of carbonyl (C=O) groups is 1. The molecule has 1 aromatic rings. The number of methoxy groups -OCH3 is 1. The molecule has 6 nitrogen and oxygen atoms in total. The van der Waals surface area contributed by atoms with Crippen molar-refractivity contribution in [1.29, 1.82) is 0 Å². The molecule has 1 aliphatic rings. The van der Waals surface area contributed by atoms with Crippen LogP contribution < -0.4 is 15.5 Å². The van der Waals surface area contributed by atoms with E-state index in [1.165, 1.54) is 0 Å². The third-order valence-electron chi connectivity index (χ3n) is 4.24. The molecule has 2 N–H and O–H groups in total. The van der Waals surface area contributed by atoms with Crippen LogP contribution in [0.5, 0.6) is 0 Å². The van der Waals surface area contributed by atoms with Gasteiger partial charge >= 0.3 is 0 Å². The minimum atomic E-state index is -0.480. The van der Waals surface area contributed by atoms with Crippen LogP contribution >= 0.6 is 0 Å². The van der Waals surface area contributed by atoms with E-state index in [4.69, 9.17) is 4.74 Å². The first-order valence-corrected chi connectivity index (χ1v) is 7.87. The first-order valence-electron chi connectivity index (χ1n) is 7.87. The van der Waals surface area contributed by atoms with E-state index >= 15 is 0 Å². The van der Waals surface area contributed by atoms with Crippen LogP contribution in [-0.2, 0) is 9.53 Å². The molecule has 1 fully saturated rings. The maximum Gasteiger partial charge on any atom is 0.234 e. The topological polar surface area (TPSA) is 66.5 Å². The summed E-state index contributed by atoms with van der Waals surface area (Å²) in [6.07, 6.45) is 2.51. The van der Waals surface area contributed by atoms with E-state index in [1.807, 2.05) is 12.1 Å². The largest absolute Gasteiger partial charge is 0.384 e. The number of nitrogens with zero attached hydrogens (tertiary/aromatic N) is 2. The lowest BCUT2D eigenvalue weighted by molar-refractivity contribution is -0.127. The molecule has 2 heterocycles. The number of amides is 1. The first-order chi connectivity index (χ1) is 10.6. The summed E-state index contributed by atoms with van der Waals surface area (Å²) in [6.45, 7) is 7.95. The second-order valence-corrected chi connectivity index (χ2v) is 5.67. The Morgan fingerprint density at radius 1 is 1.45 bits per heavy atom. The van der Waals surface area contributed by atoms with Gasteiger partial charge in [0.15, 0.2) is 0 Å². The monoisotopic (exact) mass is 306 g/mol. The Hall–Kier alpha value is -1.66. The second kappa shape index (κ2) is 7.56. The van der Waals surface area contributed by atoms with E-state index in [2.05, 4.69) is 34.4 Å². The Labute approximate surface area is 132 Å². The Balaban J connectivity index is 2.05. The van der Waals surface area contributed by atoms with Crippen molar-refractivity contribution in [2.45, 2.75) is 20.3 Å². The van der Waals surface area contributed by atoms with Gasteiger partial charge < -0.3 is 20.3 Å². The van der Waals surface area contributed by atoms with Crippen LogP contribution in [0.15, 0.2) is 18.3 Å². The fraction of sp³-hybridized carbons (Fsp3) is 0.625. The lowest BCUT2D eigenvalue weighted by Gasteiger charge is -2.26. The van der Waals surface area contributed by atoms with Gasteiger partial charge in [0, 0.05) is 26.7 Å². The molecule has 122 valence electrons. The highest BCUT2D eigenvalue weighted by Gasteiger charge is 2.41. The minimum Gasteiger partial charge on any atom is -0.384 e. The lowest BCUT2D eigenvalue weighted by Crippen LogP contribution is -2.41. The van der Waals surface area contributed by atoms with Crippen LogP contribution in [0, 0.1) is 5.41 Å². The van der Waals surface area contributed by atoms with Gasteiger partial charge in [-0.05, 0) is 38.9 Å². The van der Waals surface area contributed by atoms with Crippen molar-refractivity contribution in [3.63, 3.8) is 0 Å². The van der Waals surface area contributed by atoms with Gasteiger partial charge in [0.25, 0.3) is 0 Å². The Bertz CT molecular complexity index is 479. The molecule has 0 radical (unpaired) electrons. The van der Waals surface area contributed by atoms with Gasteiger partial charge in [-0.15, -0.1) is 0 Å². The van der Waals surface area contributed by atoms with E-state index in [-0.39, 0.29) is 5.91 Å². The first kappa shape index (κ1) is 16.7. The molecular formula is C16H26N4O2. The SMILES string of the molecule is CCN(CC)c1ccc(NC(=O)C2(COC)CCNC2)cn1. The maximum atomic E-state index is 12.6.